The van der Waals surface area contributed by atoms with Gasteiger partial charge in [0.05, 0.1) is 0 Å². The molecule has 2 atom stereocenters. The molecule has 0 saturated carbocycles. The van der Waals surface area contributed by atoms with Crippen molar-refractivity contribution < 1.29 is 164 Å². The van der Waals surface area contributed by atoms with E-state index in [1.165, 1.54) is 0 Å². The van der Waals surface area contributed by atoms with Crippen LogP contribution < -0.4 is 0 Å². The molecule has 0 amide bonds. The minimum absolute atomic E-state index is 0. The molecular weight excluding hydrogens is 1040 g/mol. The molecule has 35 heteroatoms. The van der Waals surface area contributed by atoms with Crippen molar-refractivity contribution in [3.05, 3.63) is 0 Å². The minimum Gasteiger partial charge on any atom is 0 e. The summed E-state index contributed by atoms with van der Waals surface area (Å²) in [7, 11) is -22.2. The monoisotopic (exact) mass is 1050 g/mol. The summed E-state index contributed by atoms with van der Waals surface area (Å²) in [5.41, 5.74) is 0. The summed E-state index contributed by atoms with van der Waals surface area (Å²) in [6, 6.07) is 0. The van der Waals surface area contributed by atoms with Crippen molar-refractivity contribution in [2.24, 2.45) is 0 Å². The maximum Gasteiger partial charge on any atom is 0 e. The first-order chi connectivity index (χ1) is 12.3. The summed E-state index contributed by atoms with van der Waals surface area (Å²) in [6.45, 7) is -3.03. The van der Waals surface area contributed by atoms with Crippen LogP contribution in [-0.4, -0.2) is 353 Å². The SMILES string of the molecule is O=C(COC(=O)OCC(=O)OP(=O)(O)OS(=O)(=O)O)OP(=O)(O)OS(=O)(=O)O.[CaH2].[CaH2].[CaH2].[CaH2].[CaH2].[CaH2].[NaH].[NaH].[Zn].[Zn].[Zn].[Zn]. The molecule has 0 aliphatic carbocycles. The summed E-state index contributed by atoms with van der Waals surface area (Å²) < 4.78 is 99.9. The molecule has 0 rings (SSSR count). The molecule has 0 bridgehead atoms. The fourth-order valence-corrected chi connectivity index (χ4v) is 3.62. The molecule has 0 aromatic heterocycles. The van der Waals surface area contributed by atoms with Crippen LogP contribution in [0.15, 0.2) is 0 Å². The molecule has 0 aromatic carbocycles. The molecule has 0 radical (unpaired) electrons. The predicted molar refractivity (Wildman–Crippen MR) is 140 cm³/mol. The van der Waals surface area contributed by atoms with Gasteiger partial charge in [0.2, 0.25) is 0 Å². The van der Waals surface area contributed by atoms with E-state index in [-0.39, 0.29) is 363 Å². The number of phosphoric ester groups is 2. The van der Waals surface area contributed by atoms with Crippen LogP contribution in [0.25, 0.3) is 0 Å². The first kappa shape index (κ1) is 87.9. The number of hydrogen-bond acceptors (Lipinski definition) is 15. The van der Waals surface area contributed by atoms with E-state index in [9.17, 15) is 40.3 Å². The van der Waals surface area contributed by atoms with Gasteiger partial charge in [0.25, 0.3) is 0 Å². The first-order valence-corrected chi connectivity index (χ1v) is 11.3. The quantitative estimate of drug-likeness (QED) is 0.0684. The Hall–Kier alpha value is 10.4. The minimum atomic E-state index is -5.64. The maximum absolute atomic E-state index is 11.0. The third-order valence-electron chi connectivity index (χ3n) is 1.43. The van der Waals surface area contributed by atoms with Crippen molar-refractivity contribution >= 4 is 340 Å². The average Bonchev–Trinajstić information content (AvgIpc) is 2.35. The molecule has 4 N–H and O–H groups in total. The van der Waals surface area contributed by atoms with E-state index >= 15 is 0 Å². The van der Waals surface area contributed by atoms with Crippen LogP contribution in [0.2, 0.25) is 0 Å². The van der Waals surface area contributed by atoms with Gasteiger partial charge in [-0.3, -0.25) is 18.9 Å². The molecule has 0 aromatic rings. The van der Waals surface area contributed by atoms with Crippen molar-refractivity contribution in [1.29, 1.82) is 0 Å². The fourth-order valence-electron chi connectivity index (χ4n) is 0.856. The normalized spacial score (nSPS) is 11.3. The summed E-state index contributed by atoms with van der Waals surface area (Å²) in [4.78, 5) is 50.5. The van der Waals surface area contributed by atoms with Gasteiger partial charge in [-0.1, -0.05) is 0 Å². The van der Waals surface area contributed by atoms with Gasteiger partial charge in [-0.15, -0.1) is 7.94 Å². The topological polar surface area (TPSA) is 290 Å². The van der Waals surface area contributed by atoms with Gasteiger partial charge in [-0.2, -0.15) is 16.8 Å². The molecule has 19 nitrogen and oxygen atoms in total. The van der Waals surface area contributed by atoms with Crippen molar-refractivity contribution in [2.45, 2.75) is 0 Å². The first-order valence-electron chi connectivity index (χ1n) is 5.57. The van der Waals surface area contributed by atoms with Crippen LogP contribution in [0, 0.1) is 0 Å². The number of carbonyl (C=O) groups excluding carboxylic acids is 3. The Morgan fingerprint density at radius 1 is 0.575 bits per heavy atom. The van der Waals surface area contributed by atoms with E-state index in [1.54, 1.807) is 0 Å². The van der Waals surface area contributed by atoms with E-state index in [4.69, 9.17) is 18.9 Å². The second-order valence-electron chi connectivity index (χ2n) is 3.70. The standard InChI is InChI=1S/C5H8O19P2S2.6Ca.2Na.4Zn.14H/c6-3(21-25(9,10)23-27(13,14)15)1-19-5(8)20-2-4(7)22-26(11,12)24-28(16,17)18;;;;;;;;;;;;;;;;;;;;;;;;;;/h1-2H2,(H,9,10)(H,11,12)(H,13,14,15)(H,16,17,18);;;;;;;;;;;;;;;;;;;;;;;;;;. The molecule has 200 valence electrons. The van der Waals surface area contributed by atoms with Gasteiger partial charge in [0.1, 0.15) is 0 Å². The maximum atomic E-state index is 11.0. The van der Waals surface area contributed by atoms with E-state index in [2.05, 4.69) is 26.5 Å². The summed E-state index contributed by atoms with van der Waals surface area (Å²) in [6.07, 6.45) is -1.89. The van der Waals surface area contributed by atoms with E-state index in [0.29, 0.717) is 0 Å². The zero-order valence-corrected chi connectivity index (χ0v) is 30.7. The Balaban J connectivity index is -0.0000000552. The van der Waals surface area contributed by atoms with Gasteiger partial charge in [-0.05, 0) is 0 Å². The van der Waals surface area contributed by atoms with Crippen molar-refractivity contribution in [2.75, 3.05) is 13.2 Å². The summed E-state index contributed by atoms with van der Waals surface area (Å²) >= 11 is 0. The zero-order chi connectivity index (χ0) is 22.4. The zero-order valence-electron chi connectivity index (χ0n) is 15.4. The Morgan fingerprint density at radius 3 is 0.950 bits per heavy atom. The molecular formula is C5H22Ca6Na2O19P2S2Zn4. The van der Waals surface area contributed by atoms with Crippen molar-refractivity contribution in [3.63, 3.8) is 0 Å². The Labute approximate surface area is 503 Å². The predicted octanol–water partition coefficient (Wildman–Crippen LogP) is -8.74. The van der Waals surface area contributed by atoms with Crippen LogP contribution in [-0.2, 0) is 144 Å². The number of carbonyl (C=O) groups is 3. The average molecular weight is 1060 g/mol. The largest absolute Gasteiger partial charge is 0 e. The Morgan fingerprint density at radius 2 is 0.775 bits per heavy atom. The fraction of sp³-hybridized carbons (Fsp3) is 0.400. The number of rotatable bonds is 10. The van der Waals surface area contributed by atoms with Gasteiger partial charge in [0, 0.05) is 77.9 Å². The van der Waals surface area contributed by atoms with Gasteiger partial charge >= 0.3 is 340 Å². The van der Waals surface area contributed by atoms with Gasteiger partial charge in [-0.25, -0.2) is 23.5 Å². The van der Waals surface area contributed by atoms with Gasteiger partial charge in [0.15, 0.2) is 13.2 Å². The van der Waals surface area contributed by atoms with Crippen LogP contribution in [0.4, 0.5) is 4.79 Å². The van der Waals surface area contributed by atoms with Crippen LogP contribution in [0.3, 0.4) is 0 Å². The van der Waals surface area contributed by atoms with Crippen LogP contribution in [0.5, 0.6) is 0 Å². The second-order valence-corrected chi connectivity index (χ2v) is 8.84. The number of phosphoric acid groups is 2. The molecule has 0 aliphatic heterocycles. The molecule has 0 fully saturated rings. The Bertz CT molecular complexity index is 891. The third kappa shape index (κ3) is 60.5. The Kier molecular flexibility index (Phi) is 96.2. The molecule has 0 aliphatic rings. The number of ether oxygens (including phenoxy) is 2. The molecule has 0 spiro atoms. The van der Waals surface area contributed by atoms with Crippen LogP contribution >= 0.6 is 15.6 Å². The number of hydrogen-bond donors (Lipinski definition) is 4. The van der Waals surface area contributed by atoms with E-state index < -0.39 is 67.8 Å². The molecule has 0 saturated heterocycles. The molecule has 40 heavy (non-hydrogen) atoms. The van der Waals surface area contributed by atoms with Crippen molar-refractivity contribution in [1.82, 2.24) is 0 Å². The van der Waals surface area contributed by atoms with E-state index in [1.807, 2.05) is 0 Å². The second kappa shape index (κ2) is 43.8. The van der Waals surface area contributed by atoms with Gasteiger partial charge < -0.3 is 18.5 Å². The third-order valence-corrected chi connectivity index (χ3v) is 5.31. The summed E-state index contributed by atoms with van der Waals surface area (Å²) in [5.74, 6) is -3.79. The molecule has 0 heterocycles. The van der Waals surface area contributed by atoms with Crippen molar-refractivity contribution in [3.8, 4) is 0 Å². The van der Waals surface area contributed by atoms with E-state index in [0.717, 1.165) is 0 Å². The summed E-state index contributed by atoms with van der Waals surface area (Å²) in [5, 5.41) is 0. The van der Waals surface area contributed by atoms with Crippen LogP contribution in [0.1, 0.15) is 0 Å². The smallest absolute Gasteiger partial charge is 0 e. The molecule has 2 unspecified atom stereocenters.